The second-order valence-corrected chi connectivity index (χ2v) is 8.43. The van der Waals surface area contributed by atoms with E-state index >= 15 is 0 Å². The molecule has 2 aromatic carbocycles. The first-order valence-corrected chi connectivity index (χ1v) is 10.7. The van der Waals surface area contributed by atoms with E-state index < -0.39 is 5.54 Å². The van der Waals surface area contributed by atoms with Gasteiger partial charge in [0.25, 0.3) is 5.91 Å². The van der Waals surface area contributed by atoms with E-state index in [9.17, 15) is 14.3 Å². The Bertz CT molecular complexity index is 1300. The Morgan fingerprint density at radius 1 is 1.12 bits per heavy atom. The molecule has 4 aromatic rings. The van der Waals surface area contributed by atoms with Crippen molar-refractivity contribution in [2.45, 2.75) is 39.5 Å². The van der Waals surface area contributed by atoms with E-state index in [2.05, 4.69) is 10.3 Å². The summed E-state index contributed by atoms with van der Waals surface area (Å²) in [6.07, 6.45) is 1.75. The Balaban J connectivity index is 1.60. The molecule has 2 N–H and O–H groups in total. The second kappa shape index (κ2) is 9.03. The Kier molecular flexibility index (Phi) is 6.16. The topological polar surface area (TPSA) is 75.9 Å². The summed E-state index contributed by atoms with van der Waals surface area (Å²) in [6, 6.07) is 17.4. The molecule has 4 rings (SSSR count). The molecule has 0 bridgehead atoms. The van der Waals surface area contributed by atoms with Crippen molar-refractivity contribution in [1.82, 2.24) is 14.7 Å². The summed E-state index contributed by atoms with van der Waals surface area (Å²) >= 11 is 0. The van der Waals surface area contributed by atoms with Crippen LogP contribution in [0.4, 0.5) is 4.39 Å². The van der Waals surface area contributed by atoms with Crippen molar-refractivity contribution in [1.29, 1.82) is 0 Å². The Labute approximate surface area is 191 Å². The quantitative estimate of drug-likeness (QED) is 0.437. The van der Waals surface area contributed by atoms with Gasteiger partial charge in [-0.2, -0.15) is 0 Å². The number of hydrogen-bond donors (Lipinski definition) is 2. The summed E-state index contributed by atoms with van der Waals surface area (Å²) in [4.78, 5) is 17.8. The molecule has 0 aliphatic heterocycles. The van der Waals surface area contributed by atoms with Gasteiger partial charge in [0.15, 0.2) is 11.4 Å². The maximum atomic E-state index is 14.0. The van der Waals surface area contributed by atoms with Crippen LogP contribution in [0, 0.1) is 12.7 Å². The number of carbonyl (C=O) groups is 1. The summed E-state index contributed by atoms with van der Waals surface area (Å²) in [5.41, 5.74) is 2.95. The number of amides is 1. The average molecular weight is 448 g/mol. The van der Waals surface area contributed by atoms with Gasteiger partial charge < -0.3 is 15.2 Å². The molecular weight excluding hydrogens is 421 g/mol. The zero-order valence-corrected chi connectivity index (χ0v) is 18.8. The smallest absolute Gasteiger partial charge is 0.270 e. The molecule has 0 unspecified atom stereocenters. The standard InChI is InChI=1S/C26H26FN3O3/c1-17-23(25(32)29-26(2,3)20-12-10-18(15-31)11-13-20)30-14-6-9-22(24(30)28-17)33-16-19-7-4-5-8-21(19)27/h4-14,31H,15-16H2,1-3H3,(H,29,32). The number of aliphatic hydroxyl groups is 1. The van der Waals surface area contributed by atoms with Crippen LogP contribution >= 0.6 is 0 Å². The van der Waals surface area contributed by atoms with Crippen LogP contribution in [0.1, 0.15) is 46.7 Å². The number of nitrogens with zero attached hydrogens (tertiary/aromatic N) is 2. The molecule has 2 heterocycles. The van der Waals surface area contributed by atoms with E-state index in [0.29, 0.717) is 28.3 Å². The molecule has 0 aliphatic rings. The van der Waals surface area contributed by atoms with Gasteiger partial charge in [0.1, 0.15) is 18.1 Å². The molecule has 0 aliphatic carbocycles. The van der Waals surface area contributed by atoms with E-state index in [0.717, 1.165) is 11.1 Å². The number of carbonyl (C=O) groups excluding carboxylic acids is 1. The normalized spacial score (nSPS) is 11.5. The predicted octanol–water partition coefficient (Wildman–Crippen LogP) is 4.52. The largest absolute Gasteiger partial charge is 0.485 e. The number of aryl methyl sites for hydroxylation is 1. The molecule has 0 fully saturated rings. The van der Waals surface area contributed by atoms with Crippen LogP contribution in [0.5, 0.6) is 5.75 Å². The number of halogens is 1. The molecule has 7 heteroatoms. The van der Waals surface area contributed by atoms with Crippen molar-refractivity contribution in [3.8, 4) is 5.75 Å². The third-order valence-electron chi connectivity index (χ3n) is 5.63. The van der Waals surface area contributed by atoms with Crippen LogP contribution in [0.2, 0.25) is 0 Å². The Morgan fingerprint density at radius 2 is 1.85 bits per heavy atom. The number of aromatic nitrogens is 2. The molecule has 6 nitrogen and oxygen atoms in total. The van der Waals surface area contributed by atoms with Crippen molar-refractivity contribution in [2.24, 2.45) is 0 Å². The number of imidazole rings is 1. The van der Waals surface area contributed by atoms with E-state index in [4.69, 9.17) is 4.74 Å². The van der Waals surface area contributed by atoms with Gasteiger partial charge in [0.05, 0.1) is 17.8 Å². The number of aliphatic hydroxyl groups excluding tert-OH is 1. The average Bonchev–Trinajstić information content (AvgIpc) is 3.14. The van der Waals surface area contributed by atoms with Gasteiger partial charge >= 0.3 is 0 Å². The van der Waals surface area contributed by atoms with Crippen molar-refractivity contribution >= 4 is 11.6 Å². The molecule has 0 radical (unpaired) electrons. The number of benzene rings is 2. The molecular formula is C26H26FN3O3. The molecule has 2 aromatic heterocycles. The highest BCUT2D eigenvalue weighted by atomic mass is 19.1. The molecule has 0 saturated carbocycles. The summed E-state index contributed by atoms with van der Waals surface area (Å²) in [6.45, 7) is 5.62. The van der Waals surface area contributed by atoms with Crippen molar-refractivity contribution in [2.75, 3.05) is 0 Å². The van der Waals surface area contributed by atoms with Crippen molar-refractivity contribution in [3.63, 3.8) is 0 Å². The van der Waals surface area contributed by atoms with Crippen LogP contribution in [-0.2, 0) is 18.8 Å². The number of hydrogen-bond acceptors (Lipinski definition) is 4. The van der Waals surface area contributed by atoms with Gasteiger partial charge in [-0.3, -0.25) is 9.20 Å². The molecule has 0 saturated heterocycles. The van der Waals surface area contributed by atoms with Crippen molar-refractivity contribution in [3.05, 3.63) is 101 Å². The SMILES string of the molecule is Cc1nc2c(OCc3ccccc3F)cccn2c1C(=O)NC(C)(C)c1ccc(CO)cc1. The lowest BCUT2D eigenvalue weighted by molar-refractivity contribution is 0.0905. The van der Waals surface area contributed by atoms with Crippen LogP contribution in [0.15, 0.2) is 66.9 Å². The highest BCUT2D eigenvalue weighted by Gasteiger charge is 2.27. The third-order valence-corrected chi connectivity index (χ3v) is 5.63. The first-order valence-electron chi connectivity index (χ1n) is 10.7. The third kappa shape index (κ3) is 4.59. The highest BCUT2D eigenvalue weighted by Crippen LogP contribution is 2.26. The van der Waals surface area contributed by atoms with E-state index in [1.54, 1.807) is 47.9 Å². The summed E-state index contributed by atoms with van der Waals surface area (Å²) in [5.74, 6) is -0.150. The number of ether oxygens (including phenoxy) is 1. The highest BCUT2D eigenvalue weighted by molar-refractivity contribution is 5.95. The minimum Gasteiger partial charge on any atom is -0.485 e. The molecule has 170 valence electrons. The number of fused-ring (bicyclic) bond motifs is 1. The zero-order valence-electron chi connectivity index (χ0n) is 18.8. The molecule has 0 atom stereocenters. The van der Waals surface area contributed by atoms with Gasteiger partial charge in [-0.05, 0) is 50.1 Å². The van der Waals surface area contributed by atoms with E-state index in [1.807, 2.05) is 38.1 Å². The minimum absolute atomic E-state index is 0.0323. The first kappa shape index (κ1) is 22.5. The fourth-order valence-corrected chi connectivity index (χ4v) is 3.76. The molecule has 1 amide bonds. The van der Waals surface area contributed by atoms with Crippen LogP contribution in [-0.4, -0.2) is 20.4 Å². The lowest BCUT2D eigenvalue weighted by Crippen LogP contribution is -2.41. The van der Waals surface area contributed by atoms with Gasteiger partial charge in [-0.25, -0.2) is 9.37 Å². The maximum absolute atomic E-state index is 14.0. The summed E-state index contributed by atoms with van der Waals surface area (Å²) in [5, 5.41) is 12.3. The lowest BCUT2D eigenvalue weighted by Gasteiger charge is -2.27. The first-order chi connectivity index (χ1) is 15.8. The minimum atomic E-state index is -0.652. The fraction of sp³-hybridized carbons (Fsp3) is 0.231. The van der Waals surface area contributed by atoms with E-state index in [1.165, 1.54) is 6.07 Å². The van der Waals surface area contributed by atoms with Gasteiger partial charge in [-0.15, -0.1) is 0 Å². The predicted molar refractivity (Wildman–Crippen MR) is 124 cm³/mol. The van der Waals surface area contributed by atoms with Gasteiger partial charge in [-0.1, -0.05) is 42.5 Å². The number of nitrogens with one attached hydrogen (secondary N) is 1. The Hall–Kier alpha value is -3.71. The summed E-state index contributed by atoms with van der Waals surface area (Å²) in [7, 11) is 0. The van der Waals surface area contributed by atoms with Crippen LogP contribution in [0.25, 0.3) is 5.65 Å². The zero-order chi connectivity index (χ0) is 23.6. The fourth-order valence-electron chi connectivity index (χ4n) is 3.76. The van der Waals surface area contributed by atoms with Crippen LogP contribution in [0.3, 0.4) is 0 Å². The number of rotatable bonds is 7. The van der Waals surface area contributed by atoms with Gasteiger partial charge in [0.2, 0.25) is 0 Å². The maximum Gasteiger partial charge on any atom is 0.270 e. The van der Waals surface area contributed by atoms with Gasteiger partial charge in [0, 0.05) is 11.8 Å². The van der Waals surface area contributed by atoms with Crippen LogP contribution < -0.4 is 10.1 Å². The van der Waals surface area contributed by atoms with Crippen molar-refractivity contribution < 1.29 is 19.0 Å². The number of pyridine rings is 1. The monoisotopic (exact) mass is 447 g/mol. The molecule has 33 heavy (non-hydrogen) atoms. The molecule has 0 spiro atoms. The Morgan fingerprint density at radius 3 is 2.55 bits per heavy atom. The lowest BCUT2D eigenvalue weighted by atomic mass is 9.93. The summed E-state index contributed by atoms with van der Waals surface area (Å²) < 4.78 is 21.5. The van der Waals surface area contributed by atoms with E-state index in [-0.39, 0.29) is 24.9 Å². The second-order valence-electron chi connectivity index (χ2n) is 8.43.